The molecule has 0 spiro atoms. The molecule has 0 atom stereocenters. The molecule has 0 aliphatic carbocycles. The van der Waals surface area contributed by atoms with Gasteiger partial charge in [0.15, 0.2) is 0 Å². The van der Waals surface area contributed by atoms with E-state index in [9.17, 15) is 0 Å². The molecule has 4 rings (SSSR count). The van der Waals surface area contributed by atoms with Crippen LogP contribution in [-0.2, 0) is 19.4 Å². The third-order valence-electron chi connectivity index (χ3n) is 4.49. The number of rotatable bonds is 5. The summed E-state index contributed by atoms with van der Waals surface area (Å²) in [7, 11) is 0. The molecule has 0 radical (unpaired) electrons. The Labute approximate surface area is 162 Å². The fourth-order valence-corrected chi connectivity index (χ4v) is 3.01. The summed E-state index contributed by atoms with van der Waals surface area (Å²) in [4.78, 5) is 13.1. The van der Waals surface area contributed by atoms with Gasteiger partial charge in [0, 0.05) is 29.9 Å². The molecule has 0 fully saturated rings. The Morgan fingerprint density at radius 2 is 1.85 bits per heavy atom. The largest absolute Gasteiger partial charge is 0.339 e. The van der Waals surface area contributed by atoms with Gasteiger partial charge in [-0.2, -0.15) is 15.1 Å². The molecule has 140 valence electrons. The maximum Gasteiger partial charge on any atom is 0.252 e. The van der Waals surface area contributed by atoms with Crippen LogP contribution in [0.25, 0.3) is 17.2 Å². The van der Waals surface area contributed by atoms with Crippen molar-refractivity contribution < 1.29 is 4.52 Å². The van der Waals surface area contributed by atoms with Crippen molar-refractivity contribution >= 4 is 18.2 Å². The molecule has 1 aromatic carbocycles. The van der Waals surface area contributed by atoms with Gasteiger partial charge in [0.05, 0.1) is 0 Å². The molecular weight excluding hydrogens is 366 g/mol. The molecule has 8 nitrogen and oxygen atoms in total. The van der Waals surface area contributed by atoms with E-state index in [0.29, 0.717) is 30.5 Å². The van der Waals surface area contributed by atoms with E-state index < -0.39 is 0 Å². The van der Waals surface area contributed by atoms with E-state index in [1.54, 1.807) is 4.52 Å². The predicted molar refractivity (Wildman–Crippen MR) is 103 cm³/mol. The van der Waals surface area contributed by atoms with Crippen molar-refractivity contribution in [3.05, 3.63) is 59.0 Å². The zero-order valence-electron chi connectivity index (χ0n) is 15.1. The van der Waals surface area contributed by atoms with Crippen LogP contribution in [0.4, 0.5) is 0 Å². The van der Waals surface area contributed by atoms with Gasteiger partial charge in [-0.05, 0) is 31.4 Å². The number of aromatic nitrogens is 6. The first-order valence-electron chi connectivity index (χ1n) is 8.43. The minimum Gasteiger partial charge on any atom is -0.339 e. The summed E-state index contributed by atoms with van der Waals surface area (Å²) >= 11 is 0. The molecule has 0 aliphatic heterocycles. The first kappa shape index (κ1) is 18.9. The number of benzene rings is 1. The second-order valence-corrected chi connectivity index (χ2v) is 6.15. The lowest BCUT2D eigenvalue weighted by Crippen LogP contribution is -2.07. The number of hydrogen-bond donors (Lipinski definition) is 1. The van der Waals surface area contributed by atoms with Crippen molar-refractivity contribution in [3.63, 3.8) is 0 Å². The van der Waals surface area contributed by atoms with Crippen LogP contribution >= 0.6 is 12.4 Å². The van der Waals surface area contributed by atoms with Gasteiger partial charge in [-0.3, -0.25) is 0 Å². The highest BCUT2D eigenvalue weighted by atomic mass is 35.5. The fraction of sp³-hybridized carbons (Fsp3) is 0.278. The summed E-state index contributed by atoms with van der Waals surface area (Å²) in [6.07, 6.45) is 2.89. The lowest BCUT2D eigenvalue weighted by Gasteiger charge is -2.08. The number of nitrogens with two attached hydrogens (primary N) is 1. The number of aryl methyl sites for hydroxylation is 3. The van der Waals surface area contributed by atoms with Gasteiger partial charge in [0.1, 0.15) is 6.33 Å². The van der Waals surface area contributed by atoms with Crippen LogP contribution in [-0.4, -0.2) is 29.7 Å². The van der Waals surface area contributed by atoms with Gasteiger partial charge in [0.25, 0.3) is 5.78 Å². The molecular formula is C18H20ClN7O. The summed E-state index contributed by atoms with van der Waals surface area (Å²) in [6.45, 7) is 4.51. The molecule has 27 heavy (non-hydrogen) atoms. The van der Waals surface area contributed by atoms with Gasteiger partial charge < -0.3 is 10.3 Å². The molecule has 3 heterocycles. The first-order chi connectivity index (χ1) is 12.7. The number of fused-ring (bicyclic) bond motifs is 1. The van der Waals surface area contributed by atoms with Crippen LogP contribution in [0.5, 0.6) is 0 Å². The molecule has 0 saturated heterocycles. The Kier molecular flexibility index (Phi) is 5.48. The molecule has 4 aromatic rings. The standard InChI is InChI=1S/C18H19N7O.ClH/c1-11-15(12(2)25-18(22-11)20-10-21-25)7-8-16-23-17(24-26-16)14-5-3-13(9-19)4-6-14;/h3-6,10H,7-9,19H2,1-2H3;1H. The topological polar surface area (TPSA) is 108 Å². The highest BCUT2D eigenvalue weighted by molar-refractivity contribution is 5.85. The Balaban J connectivity index is 0.00000210. The average Bonchev–Trinajstić information content (AvgIpc) is 3.31. The fourth-order valence-electron chi connectivity index (χ4n) is 3.01. The van der Waals surface area contributed by atoms with Gasteiger partial charge >= 0.3 is 0 Å². The lowest BCUT2D eigenvalue weighted by atomic mass is 10.1. The summed E-state index contributed by atoms with van der Waals surface area (Å²) in [5, 5.41) is 8.30. The Bertz CT molecular complexity index is 1060. The third-order valence-corrected chi connectivity index (χ3v) is 4.49. The van der Waals surface area contributed by atoms with Crippen molar-refractivity contribution in [2.24, 2.45) is 5.73 Å². The maximum atomic E-state index is 5.62. The van der Waals surface area contributed by atoms with Gasteiger partial charge in [-0.25, -0.2) is 9.50 Å². The van der Waals surface area contributed by atoms with Crippen LogP contribution in [0.3, 0.4) is 0 Å². The molecule has 0 aliphatic rings. The Morgan fingerprint density at radius 3 is 2.59 bits per heavy atom. The molecule has 2 N–H and O–H groups in total. The minimum absolute atomic E-state index is 0. The van der Waals surface area contributed by atoms with Crippen molar-refractivity contribution in [2.75, 3.05) is 0 Å². The quantitative estimate of drug-likeness (QED) is 0.562. The second-order valence-electron chi connectivity index (χ2n) is 6.15. The van der Waals surface area contributed by atoms with Crippen molar-refractivity contribution in [3.8, 4) is 11.4 Å². The van der Waals surface area contributed by atoms with Crippen LogP contribution in [0.2, 0.25) is 0 Å². The molecule has 9 heteroatoms. The summed E-state index contributed by atoms with van der Waals surface area (Å²) < 4.78 is 7.16. The van der Waals surface area contributed by atoms with Gasteiger partial charge in [-0.1, -0.05) is 29.4 Å². The molecule has 0 bridgehead atoms. The summed E-state index contributed by atoms with van der Waals surface area (Å²) in [5.74, 6) is 1.80. The minimum atomic E-state index is 0. The highest BCUT2D eigenvalue weighted by Crippen LogP contribution is 2.19. The third kappa shape index (κ3) is 3.67. The maximum absolute atomic E-state index is 5.62. The van der Waals surface area contributed by atoms with Crippen molar-refractivity contribution in [1.82, 2.24) is 29.7 Å². The monoisotopic (exact) mass is 385 g/mol. The van der Waals surface area contributed by atoms with E-state index in [1.165, 1.54) is 6.33 Å². The number of nitrogens with zero attached hydrogens (tertiary/aromatic N) is 6. The number of halogens is 1. The SMILES string of the molecule is Cc1nc2ncnn2c(C)c1CCc1nc(-c2ccc(CN)cc2)no1.Cl. The van der Waals surface area contributed by atoms with Crippen LogP contribution in [0.15, 0.2) is 35.1 Å². The number of hydrogen-bond acceptors (Lipinski definition) is 7. The van der Waals surface area contributed by atoms with Gasteiger partial charge in [0.2, 0.25) is 11.7 Å². The predicted octanol–water partition coefficient (Wildman–Crippen LogP) is 2.46. The van der Waals surface area contributed by atoms with Crippen LogP contribution in [0, 0.1) is 13.8 Å². The van der Waals surface area contributed by atoms with E-state index in [-0.39, 0.29) is 12.4 Å². The Morgan fingerprint density at radius 1 is 1.07 bits per heavy atom. The summed E-state index contributed by atoms with van der Waals surface area (Å²) in [5.41, 5.74) is 10.7. The molecule has 0 amide bonds. The van der Waals surface area contributed by atoms with E-state index in [2.05, 4.69) is 25.2 Å². The zero-order chi connectivity index (χ0) is 18.1. The average molecular weight is 386 g/mol. The van der Waals surface area contributed by atoms with Crippen molar-refractivity contribution in [2.45, 2.75) is 33.2 Å². The molecule has 0 saturated carbocycles. The van der Waals surface area contributed by atoms with Crippen molar-refractivity contribution in [1.29, 1.82) is 0 Å². The first-order valence-corrected chi connectivity index (χ1v) is 8.43. The normalized spacial score (nSPS) is 10.9. The van der Waals surface area contributed by atoms with Gasteiger partial charge in [-0.15, -0.1) is 12.4 Å². The molecule has 3 aromatic heterocycles. The smallest absolute Gasteiger partial charge is 0.252 e. The van der Waals surface area contributed by atoms with Crippen LogP contribution < -0.4 is 5.73 Å². The summed E-state index contributed by atoms with van der Waals surface area (Å²) in [6, 6.07) is 7.84. The van der Waals surface area contributed by atoms with E-state index in [4.69, 9.17) is 10.3 Å². The Hall–Kier alpha value is -2.84. The second kappa shape index (κ2) is 7.81. The molecule has 0 unspecified atom stereocenters. The highest BCUT2D eigenvalue weighted by Gasteiger charge is 2.14. The lowest BCUT2D eigenvalue weighted by molar-refractivity contribution is 0.378. The zero-order valence-corrected chi connectivity index (χ0v) is 15.9. The van der Waals surface area contributed by atoms with E-state index >= 15 is 0 Å². The van der Waals surface area contributed by atoms with E-state index in [1.807, 2.05) is 38.1 Å². The van der Waals surface area contributed by atoms with E-state index in [0.717, 1.165) is 34.5 Å². The van der Waals surface area contributed by atoms with Crippen LogP contribution in [0.1, 0.15) is 28.4 Å².